The number of Topliss-reactive ketones (excluding diaryl/α,β-unsaturated/α-hetero) is 1. The van der Waals surface area contributed by atoms with E-state index in [0.717, 1.165) is 18.5 Å². The van der Waals surface area contributed by atoms with Gasteiger partial charge in [-0.15, -0.1) is 0 Å². The van der Waals surface area contributed by atoms with Crippen LogP contribution in [0.25, 0.3) is 5.69 Å². The van der Waals surface area contributed by atoms with E-state index in [9.17, 15) is 14.7 Å². The molecule has 1 atom stereocenters. The molecule has 2 heterocycles. The minimum absolute atomic E-state index is 0.262. The maximum Gasteiger partial charge on any atom is 0.264 e. The summed E-state index contributed by atoms with van der Waals surface area (Å²) in [4.78, 5) is 27.8. The number of hydrogen-bond acceptors (Lipinski definition) is 3. The molecule has 5 nitrogen and oxygen atoms in total. The summed E-state index contributed by atoms with van der Waals surface area (Å²) < 4.78 is 1.91. The third kappa shape index (κ3) is 3.38. The Bertz CT molecular complexity index is 1040. The standard InChI is InChI=1S/C24H24N2O3/c1-2-3-15-26-21-12-5-4-11-20(21)24(29,23(26)28)17-22(27)18-9-8-10-19(16-18)25-13-6-7-14-25/h4-14,16,29H,2-3,15,17H2,1H3. The van der Waals surface area contributed by atoms with Crippen molar-refractivity contribution in [3.8, 4) is 5.69 Å². The average Bonchev–Trinajstić information content (AvgIpc) is 3.35. The van der Waals surface area contributed by atoms with Crippen LogP contribution in [0.1, 0.15) is 42.1 Å². The fraction of sp³-hybridized carbons (Fsp3) is 0.250. The van der Waals surface area contributed by atoms with Gasteiger partial charge in [-0.05, 0) is 36.8 Å². The molecule has 0 saturated heterocycles. The topological polar surface area (TPSA) is 62.5 Å². The van der Waals surface area contributed by atoms with Crippen molar-refractivity contribution >= 4 is 17.4 Å². The van der Waals surface area contributed by atoms with Crippen molar-refractivity contribution < 1.29 is 14.7 Å². The molecule has 1 aromatic heterocycles. The van der Waals surface area contributed by atoms with Crippen molar-refractivity contribution in [3.05, 3.63) is 84.2 Å². The highest BCUT2D eigenvalue weighted by molar-refractivity contribution is 6.10. The number of anilines is 1. The van der Waals surface area contributed by atoms with Crippen LogP contribution in [0.15, 0.2) is 73.1 Å². The molecule has 0 bridgehead atoms. The summed E-state index contributed by atoms with van der Waals surface area (Å²) in [5, 5.41) is 11.3. The van der Waals surface area contributed by atoms with E-state index in [4.69, 9.17) is 0 Å². The lowest BCUT2D eigenvalue weighted by molar-refractivity contribution is -0.135. The van der Waals surface area contributed by atoms with Gasteiger partial charge in [-0.3, -0.25) is 9.59 Å². The van der Waals surface area contributed by atoms with Gasteiger partial charge in [0.15, 0.2) is 11.4 Å². The van der Waals surface area contributed by atoms with Gasteiger partial charge in [0.1, 0.15) is 0 Å². The SMILES string of the molecule is CCCCN1C(=O)C(O)(CC(=O)c2cccc(-n3cccc3)c2)c2ccccc21. The van der Waals surface area contributed by atoms with E-state index in [1.165, 1.54) is 0 Å². The molecule has 3 aromatic rings. The van der Waals surface area contributed by atoms with Crippen LogP contribution >= 0.6 is 0 Å². The summed E-state index contributed by atoms with van der Waals surface area (Å²) >= 11 is 0. The van der Waals surface area contributed by atoms with Crippen molar-refractivity contribution in [2.75, 3.05) is 11.4 Å². The molecule has 1 N–H and O–H groups in total. The number of benzene rings is 2. The Hall–Kier alpha value is -3.18. The number of unbranched alkanes of at least 4 members (excludes halogenated alkanes) is 1. The molecule has 1 aliphatic rings. The molecule has 1 amide bonds. The Morgan fingerprint density at radius 2 is 1.79 bits per heavy atom. The molecule has 148 valence electrons. The van der Waals surface area contributed by atoms with Gasteiger partial charge in [0, 0.05) is 35.8 Å². The predicted molar refractivity (Wildman–Crippen MR) is 112 cm³/mol. The minimum Gasteiger partial charge on any atom is -0.375 e. The third-order valence-corrected chi connectivity index (χ3v) is 5.46. The second-order valence-electron chi connectivity index (χ2n) is 7.43. The zero-order valence-corrected chi connectivity index (χ0v) is 16.4. The molecule has 0 radical (unpaired) electrons. The van der Waals surface area contributed by atoms with Crippen LogP contribution in [0, 0.1) is 0 Å². The summed E-state index contributed by atoms with van der Waals surface area (Å²) in [5.74, 6) is -0.677. The number of carbonyl (C=O) groups excluding carboxylic acids is 2. The van der Waals surface area contributed by atoms with Crippen LogP contribution in [-0.2, 0) is 10.4 Å². The molecule has 0 saturated carbocycles. The van der Waals surface area contributed by atoms with Crippen molar-refractivity contribution in [2.24, 2.45) is 0 Å². The minimum atomic E-state index is -1.83. The lowest BCUT2D eigenvalue weighted by atomic mass is 9.88. The van der Waals surface area contributed by atoms with Gasteiger partial charge in [0.2, 0.25) is 0 Å². The van der Waals surface area contributed by atoms with Gasteiger partial charge in [-0.25, -0.2) is 0 Å². The molecule has 0 aliphatic carbocycles. The third-order valence-electron chi connectivity index (χ3n) is 5.46. The molecule has 0 fully saturated rings. The van der Waals surface area contributed by atoms with Crippen LogP contribution in [0.2, 0.25) is 0 Å². The molecule has 1 unspecified atom stereocenters. The normalized spacial score (nSPS) is 18.1. The average molecular weight is 388 g/mol. The number of aliphatic hydroxyl groups is 1. The zero-order valence-electron chi connectivity index (χ0n) is 16.4. The molecule has 5 heteroatoms. The van der Waals surface area contributed by atoms with E-state index in [1.807, 2.05) is 53.4 Å². The Labute approximate surface area is 170 Å². The van der Waals surface area contributed by atoms with Crippen molar-refractivity contribution in [2.45, 2.75) is 31.8 Å². The van der Waals surface area contributed by atoms with E-state index in [1.54, 1.807) is 29.2 Å². The number of nitrogens with zero attached hydrogens (tertiary/aromatic N) is 2. The number of rotatable bonds is 7. The second-order valence-corrected chi connectivity index (χ2v) is 7.43. The van der Waals surface area contributed by atoms with E-state index in [2.05, 4.69) is 6.92 Å². The summed E-state index contributed by atoms with van der Waals surface area (Å²) in [6.07, 6.45) is 5.30. The van der Waals surface area contributed by atoms with Gasteiger partial charge in [-0.1, -0.05) is 43.7 Å². The smallest absolute Gasteiger partial charge is 0.264 e. The Balaban J connectivity index is 1.64. The number of carbonyl (C=O) groups is 2. The summed E-state index contributed by atoms with van der Waals surface area (Å²) in [6.45, 7) is 2.59. The first kappa shape index (κ1) is 19.2. The maximum absolute atomic E-state index is 13.1. The Kier molecular flexibility index (Phi) is 5.07. The Morgan fingerprint density at radius 1 is 1.03 bits per heavy atom. The fourth-order valence-corrected chi connectivity index (χ4v) is 3.90. The lowest BCUT2D eigenvalue weighted by Gasteiger charge is -2.22. The largest absolute Gasteiger partial charge is 0.375 e. The molecule has 4 rings (SSSR count). The van der Waals surface area contributed by atoms with Gasteiger partial charge >= 0.3 is 0 Å². The number of ketones is 1. The number of para-hydroxylation sites is 1. The zero-order chi connectivity index (χ0) is 20.4. The number of aromatic nitrogens is 1. The van der Waals surface area contributed by atoms with Gasteiger partial charge in [0.05, 0.1) is 12.1 Å². The van der Waals surface area contributed by atoms with E-state index in [0.29, 0.717) is 23.4 Å². The summed E-state index contributed by atoms with van der Waals surface area (Å²) in [7, 11) is 0. The molecule has 0 spiro atoms. The first-order valence-corrected chi connectivity index (χ1v) is 9.95. The number of hydrogen-bond donors (Lipinski definition) is 1. The van der Waals surface area contributed by atoms with Crippen molar-refractivity contribution in [1.29, 1.82) is 0 Å². The van der Waals surface area contributed by atoms with E-state index < -0.39 is 11.5 Å². The summed E-state index contributed by atoms with van der Waals surface area (Å²) in [6, 6.07) is 18.3. The van der Waals surface area contributed by atoms with Crippen molar-refractivity contribution in [1.82, 2.24) is 4.57 Å². The monoisotopic (exact) mass is 388 g/mol. The fourth-order valence-electron chi connectivity index (χ4n) is 3.90. The van der Waals surface area contributed by atoms with Gasteiger partial charge in [-0.2, -0.15) is 0 Å². The molecule has 29 heavy (non-hydrogen) atoms. The van der Waals surface area contributed by atoms with E-state index in [-0.39, 0.29) is 12.2 Å². The van der Waals surface area contributed by atoms with Gasteiger partial charge < -0.3 is 14.6 Å². The van der Waals surface area contributed by atoms with Crippen LogP contribution in [0.4, 0.5) is 5.69 Å². The molecule has 2 aromatic carbocycles. The van der Waals surface area contributed by atoms with Crippen LogP contribution in [0.3, 0.4) is 0 Å². The highest BCUT2D eigenvalue weighted by Crippen LogP contribution is 2.43. The molecule has 1 aliphatic heterocycles. The highest BCUT2D eigenvalue weighted by Gasteiger charge is 2.50. The first-order valence-electron chi connectivity index (χ1n) is 9.95. The van der Waals surface area contributed by atoms with E-state index >= 15 is 0 Å². The quantitative estimate of drug-likeness (QED) is 0.620. The maximum atomic E-state index is 13.1. The number of fused-ring (bicyclic) bond motifs is 1. The van der Waals surface area contributed by atoms with Crippen LogP contribution in [0.5, 0.6) is 0 Å². The highest BCUT2D eigenvalue weighted by atomic mass is 16.3. The molecular weight excluding hydrogens is 364 g/mol. The number of amides is 1. The molecular formula is C24H24N2O3. The first-order chi connectivity index (χ1) is 14.0. The predicted octanol–water partition coefficient (Wildman–Crippen LogP) is 4.08. The van der Waals surface area contributed by atoms with Crippen molar-refractivity contribution in [3.63, 3.8) is 0 Å². The summed E-state index contributed by atoms with van der Waals surface area (Å²) in [5.41, 5.74) is 0.709. The Morgan fingerprint density at radius 3 is 2.55 bits per heavy atom. The van der Waals surface area contributed by atoms with Gasteiger partial charge in [0.25, 0.3) is 5.91 Å². The van der Waals surface area contributed by atoms with Crippen LogP contribution in [-0.4, -0.2) is 27.9 Å². The second kappa shape index (κ2) is 7.68. The lowest BCUT2D eigenvalue weighted by Crippen LogP contribution is -2.42. The van der Waals surface area contributed by atoms with Crippen LogP contribution < -0.4 is 4.90 Å².